The molecule has 0 saturated heterocycles. The molecular weight excluding hydrogens is 358 g/mol. The molecule has 6 nitrogen and oxygen atoms in total. The van der Waals surface area contributed by atoms with Crippen molar-refractivity contribution in [2.45, 2.75) is 18.1 Å². The predicted octanol–water partition coefficient (Wildman–Crippen LogP) is 3.93. The van der Waals surface area contributed by atoms with E-state index in [0.717, 1.165) is 10.4 Å². The van der Waals surface area contributed by atoms with Gasteiger partial charge in [0.2, 0.25) is 5.91 Å². The van der Waals surface area contributed by atoms with E-state index in [2.05, 4.69) is 11.4 Å². The number of hydrogen-bond acceptors (Lipinski definition) is 6. The van der Waals surface area contributed by atoms with E-state index < -0.39 is 4.92 Å². The first kappa shape index (κ1) is 17.2. The molecule has 1 atom stereocenters. The smallest absolute Gasteiger partial charge is 0.269 e. The van der Waals surface area contributed by atoms with Gasteiger partial charge in [-0.1, -0.05) is 18.2 Å². The van der Waals surface area contributed by atoms with E-state index in [4.69, 9.17) is 0 Å². The van der Waals surface area contributed by atoms with Crippen molar-refractivity contribution in [3.8, 4) is 6.07 Å². The van der Waals surface area contributed by atoms with Gasteiger partial charge in [0.1, 0.15) is 0 Å². The van der Waals surface area contributed by atoms with Crippen molar-refractivity contribution in [3.63, 3.8) is 0 Å². The van der Waals surface area contributed by atoms with Crippen molar-refractivity contribution in [2.75, 3.05) is 0 Å². The summed E-state index contributed by atoms with van der Waals surface area (Å²) in [6.07, 6.45) is 0.269. The number of carbonyl (C=O) groups excluding carboxylic acids is 1. The maximum atomic E-state index is 12.0. The summed E-state index contributed by atoms with van der Waals surface area (Å²) in [4.78, 5) is 23.3. The van der Waals surface area contributed by atoms with Crippen molar-refractivity contribution >= 4 is 34.7 Å². The highest BCUT2D eigenvalue weighted by Crippen LogP contribution is 2.38. The summed E-state index contributed by atoms with van der Waals surface area (Å²) in [5.41, 5.74) is 1.48. The maximum absolute atomic E-state index is 12.0. The Morgan fingerprint density at radius 2 is 2.12 bits per heavy atom. The first-order valence-corrected chi connectivity index (χ1v) is 9.28. The van der Waals surface area contributed by atoms with Crippen LogP contribution in [0.2, 0.25) is 0 Å². The van der Waals surface area contributed by atoms with Gasteiger partial charge in [-0.2, -0.15) is 5.26 Å². The molecule has 0 unspecified atom stereocenters. The van der Waals surface area contributed by atoms with Crippen molar-refractivity contribution in [3.05, 3.63) is 72.9 Å². The Bertz CT molecular complexity index is 868. The molecule has 1 aromatic heterocycles. The zero-order valence-electron chi connectivity index (χ0n) is 13.0. The standard InChI is InChI=1S/C17H13N3O3S2/c18-9-14-13(15-2-1-7-24-15)8-16(21)19-17(14)25-10-11-3-5-12(6-4-11)20(22)23/h1-7,13H,8,10H2,(H,19,21)/t13-/m0/s1. The second kappa shape index (κ2) is 7.51. The first-order chi connectivity index (χ1) is 12.1. The molecule has 2 aromatic rings. The van der Waals surface area contributed by atoms with Crippen molar-refractivity contribution < 1.29 is 9.72 Å². The van der Waals surface area contributed by atoms with Crippen molar-refractivity contribution in [2.24, 2.45) is 0 Å². The Morgan fingerprint density at radius 3 is 2.72 bits per heavy atom. The second-order valence-electron chi connectivity index (χ2n) is 5.39. The predicted molar refractivity (Wildman–Crippen MR) is 96.9 cm³/mol. The van der Waals surface area contributed by atoms with E-state index in [1.54, 1.807) is 12.1 Å². The Balaban J connectivity index is 1.80. The van der Waals surface area contributed by atoms with Crippen LogP contribution in [0.3, 0.4) is 0 Å². The van der Waals surface area contributed by atoms with Crippen molar-refractivity contribution in [1.82, 2.24) is 5.32 Å². The lowest BCUT2D eigenvalue weighted by Crippen LogP contribution is -2.30. The van der Waals surface area contributed by atoms with Gasteiger partial charge in [0.25, 0.3) is 5.69 Å². The molecule has 8 heteroatoms. The number of nitro groups is 1. The van der Waals surface area contributed by atoms with Crippen LogP contribution < -0.4 is 5.32 Å². The number of nitrogens with zero attached hydrogens (tertiary/aromatic N) is 2. The number of thiophene rings is 1. The number of thioether (sulfide) groups is 1. The highest BCUT2D eigenvalue weighted by Gasteiger charge is 2.30. The van der Waals surface area contributed by atoms with Gasteiger partial charge >= 0.3 is 0 Å². The van der Waals surface area contributed by atoms with Gasteiger partial charge in [-0.15, -0.1) is 23.1 Å². The number of hydrogen-bond donors (Lipinski definition) is 1. The molecule has 0 spiro atoms. The van der Waals surface area contributed by atoms with E-state index >= 15 is 0 Å². The van der Waals surface area contributed by atoms with Crippen LogP contribution in [0.5, 0.6) is 0 Å². The number of carbonyl (C=O) groups is 1. The molecule has 0 aliphatic carbocycles. The van der Waals surface area contributed by atoms with E-state index in [-0.39, 0.29) is 23.9 Å². The molecule has 1 amide bonds. The summed E-state index contributed by atoms with van der Waals surface area (Å²) in [6, 6.07) is 12.3. The second-order valence-corrected chi connectivity index (χ2v) is 7.35. The highest BCUT2D eigenvalue weighted by molar-refractivity contribution is 8.02. The minimum Gasteiger partial charge on any atom is -0.320 e. The lowest BCUT2D eigenvalue weighted by atomic mass is 9.93. The molecular formula is C17H13N3O3S2. The van der Waals surface area contributed by atoms with E-state index in [1.807, 2.05) is 17.5 Å². The summed E-state index contributed by atoms with van der Waals surface area (Å²) in [5.74, 6) is 0.192. The lowest BCUT2D eigenvalue weighted by molar-refractivity contribution is -0.384. The molecule has 0 fully saturated rings. The number of benzene rings is 1. The quantitative estimate of drug-likeness (QED) is 0.634. The van der Waals surface area contributed by atoms with Gasteiger partial charge in [-0.25, -0.2) is 0 Å². The lowest BCUT2D eigenvalue weighted by Gasteiger charge is -2.24. The Labute approximate surface area is 152 Å². The van der Waals surface area contributed by atoms with Crippen LogP contribution in [-0.4, -0.2) is 10.8 Å². The molecule has 1 N–H and O–H groups in total. The Hall–Kier alpha value is -2.63. The van der Waals surface area contributed by atoms with Gasteiger partial charge in [-0.3, -0.25) is 14.9 Å². The third-order valence-electron chi connectivity index (χ3n) is 3.77. The number of rotatable bonds is 5. The summed E-state index contributed by atoms with van der Waals surface area (Å²) in [5, 5.41) is 25.5. The third kappa shape index (κ3) is 3.90. The Morgan fingerprint density at radius 1 is 1.36 bits per heavy atom. The van der Waals surface area contributed by atoms with Crippen LogP contribution in [0.4, 0.5) is 5.69 Å². The molecule has 1 aliphatic rings. The van der Waals surface area contributed by atoms with Gasteiger partial charge in [0.05, 0.1) is 21.6 Å². The average Bonchev–Trinajstić information content (AvgIpc) is 3.14. The monoisotopic (exact) mass is 371 g/mol. The number of nitriles is 1. The van der Waals surface area contributed by atoms with Crippen LogP contribution in [0.25, 0.3) is 0 Å². The molecule has 1 aliphatic heterocycles. The molecule has 0 bridgehead atoms. The summed E-state index contributed by atoms with van der Waals surface area (Å²) >= 11 is 2.90. The molecule has 2 heterocycles. The van der Waals surface area contributed by atoms with Gasteiger partial charge in [-0.05, 0) is 17.0 Å². The van der Waals surface area contributed by atoms with E-state index in [1.165, 1.54) is 35.2 Å². The van der Waals surface area contributed by atoms with Crippen LogP contribution in [0.1, 0.15) is 22.8 Å². The SMILES string of the molecule is N#CC1=C(SCc2ccc([N+](=O)[O-])cc2)NC(=O)C[C@@H]1c1cccs1. The zero-order valence-corrected chi connectivity index (χ0v) is 14.6. The van der Waals surface area contributed by atoms with Crippen LogP contribution in [0.15, 0.2) is 52.4 Å². The first-order valence-electron chi connectivity index (χ1n) is 7.42. The van der Waals surface area contributed by atoms with Crippen LogP contribution in [0, 0.1) is 21.4 Å². The number of nitrogens with one attached hydrogen (secondary N) is 1. The minimum absolute atomic E-state index is 0.0365. The molecule has 3 rings (SSSR count). The number of nitro benzene ring substituents is 1. The third-order valence-corrected chi connectivity index (χ3v) is 5.85. The topological polar surface area (TPSA) is 96.0 Å². The fourth-order valence-electron chi connectivity index (χ4n) is 2.54. The van der Waals surface area contributed by atoms with Gasteiger partial charge in [0.15, 0.2) is 0 Å². The molecule has 1 aromatic carbocycles. The minimum atomic E-state index is -0.444. The fourth-order valence-corrected chi connectivity index (χ4v) is 4.40. The maximum Gasteiger partial charge on any atom is 0.269 e. The molecule has 25 heavy (non-hydrogen) atoms. The van der Waals surface area contributed by atoms with E-state index in [9.17, 15) is 20.2 Å². The normalized spacial score (nSPS) is 17.1. The van der Waals surface area contributed by atoms with Crippen molar-refractivity contribution in [1.29, 1.82) is 5.26 Å². The Kier molecular flexibility index (Phi) is 5.16. The summed E-state index contributed by atoms with van der Waals surface area (Å²) in [7, 11) is 0. The van der Waals surface area contributed by atoms with Gasteiger partial charge in [0, 0.05) is 35.1 Å². The average molecular weight is 371 g/mol. The number of allylic oxidation sites excluding steroid dienone is 1. The van der Waals surface area contributed by atoms with E-state index in [0.29, 0.717) is 16.4 Å². The largest absolute Gasteiger partial charge is 0.320 e. The summed E-state index contributed by atoms with van der Waals surface area (Å²) in [6.45, 7) is 0. The zero-order chi connectivity index (χ0) is 17.8. The highest BCUT2D eigenvalue weighted by atomic mass is 32.2. The summed E-state index contributed by atoms with van der Waals surface area (Å²) < 4.78 is 0. The number of amides is 1. The molecule has 126 valence electrons. The van der Waals surface area contributed by atoms with Gasteiger partial charge < -0.3 is 5.32 Å². The molecule has 0 radical (unpaired) electrons. The van der Waals surface area contributed by atoms with Crippen LogP contribution >= 0.6 is 23.1 Å². The van der Waals surface area contributed by atoms with Crippen LogP contribution in [-0.2, 0) is 10.5 Å². The molecule has 0 saturated carbocycles. The fraction of sp³-hybridized carbons (Fsp3) is 0.176. The number of non-ortho nitro benzene ring substituents is 1.